The second-order valence-electron chi connectivity index (χ2n) is 5.53. The maximum Gasteiger partial charge on any atom is 0.217 e. The molecule has 0 saturated heterocycles. The van der Waals surface area contributed by atoms with Gasteiger partial charge in [-0.25, -0.2) is 14.1 Å². The van der Waals surface area contributed by atoms with Gasteiger partial charge in [0, 0.05) is 5.69 Å². The van der Waals surface area contributed by atoms with Gasteiger partial charge in [0.1, 0.15) is 29.2 Å². The molecule has 7 heteroatoms. The van der Waals surface area contributed by atoms with Crippen LogP contribution in [0.25, 0.3) is 5.70 Å². The Bertz CT molecular complexity index is 939. The first-order valence-corrected chi connectivity index (χ1v) is 9.09. The third-order valence-electron chi connectivity index (χ3n) is 3.68. The number of allylic oxidation sites excluding steroid dienone is 1. The lowest BCUT2D eigenvalue weighted by Crippen LogP contribution is -2.16. The van der Waals surface area contributed by atoms with E-state index in [-0.39, 0.29) is 11.3 Å². The molecule has 0 unspecified atom stereocenters. The van der Waals surface area contributed by atoms with Crippen LogP contribution in [0.3, 0.4) is 0 Å². The number of Topliss-reactive ketones (excluding diaryl/α,β-unsaturated/α-hetero) is 1. The zero-order valence-corrected chi connectivity index (χ0v) is 15.1. The standard InChI is InChI=1S/C19H17FN4OS/c1-13-8-9-16(20)15(10-13)18(25)17(24-12-21-11-22-24)19(26-2)23-14-6-4-3-5-7-14/h3-12,23H,1-2H3/b19-17-. The van der Waals surface area contributed by atoms with Crippen LogP contribution in [0.2, 0.25) is 0 Å². The van der Waals surface area contributed by atoms with E-state index >= 15 is 0 Å². The highest BCUT2D eigenvalue weighted by atomic mass is 32.2. The molecule has 1 N–H and O–H groups in total. The van der Waals surface area contributed by atoms with Crippen LogP contribution >= 0.6 is 11.8 Å². The van der Waals surface area contributed by atoms with Crippen LogP contribution in [0.15, 0.2) is 66.2 Å². The Kier molecular flexibility index (Phi) is 5.48. The quantitative estimate of drug-likeness (QED) is 0.522. The van der Waals surface area contributed by atoms with Crippen molar-refractivity contribution in [1.82, 2.24) is 14.8 Å². The summed E-state index contributed by atoms with van der Waals surface area (Å²) in [6, 6.07) is 13.9. The summed E-state index contributed by atoms with van der Waals surface area (Å²) in [6.07, 6.45) is 4.59. The van der Waals surface area contributed by atoms with Crippen LogP contribution in [0, 0.1) is 12.7 Å². The largest absolute Gasteiger partial charge is 0.348 e. The predicted octanol–water partition coefficient (Wildman–Crippen LogP) is 4.21. The Morgan fingerprint density at radius 2 is 1.96 bits per heavy atom. The molecule has 2 aromatic carbocycles. The van der Waals surface area contributed by atoms with Crippen LogP contribution in [0.4, 0.5) is 10.1 Å². The van der Waals surface area contributed by atoms with E-state index in [2.05, 4.69) is 15.4 Å². The molecular formula is C19H17FN4OS. The molecule has 0 radical (unpaired) electrons. The number of thioether (sulfide) groups is 1. The molecular weight excluding hydrogens is 351 g/mol. The van der Waals surface area contributed by atoms with Crippen molar-refractivity contribution in [1.29, 1.82) is 0 Å². The van der Waals surface area contributed by atoms with Gasteiger partial charge in [0.05, 0.1) is 5.56 Å². The maximum absolute atomic E-state index is 14.3. The van der Waals surface area contributed by atoms with Gasteiger partial charge < -0.3 is 5.32 Å². The van der Waals surface area contributed by atoms with Crippen molar-refractivity contribution in [2.24, 2.45) is 0 Å². The van der Waals surface area contributed by atoms with Crippen molar-refractivity contribution in [3.05, 3.63) is 83.2 Å². The molecule has 0 aliphatic carbocycles. The second kappa shape index (κ2) is 7.97. The van der Waals surface area contributed by atoms with E-state index in [1.165, 1.54) is 41.2 Å². The normalized spacial score (nSPS) is 11.8. The molecule has 1 heterocycles. The zero-order chi connectivity index (χ0) is 18.5. The minimum atomic E-state index is -0.571. The van der Waals surface area contributed by atoms with Crippen LogP contribution in [-0.2, 0) is 0 Å². The molecule has 132 valence electrons. The second-order valence-corrected chi connectivity index (χ2v) is 6.34. The first-order valence-electron chi connectivity index (χ1n) is 7.86. The molecule has 26 heavy (non-hydrogen) atoms. The fourth-order valence-electron chi connectivity index (χ4n) is 2.44. The van der Waals surface area contributed by atoms with Gasteiger partial charge in [-0.05, 0) is 37.4 Å². The van der Waals surface area contributed by atoms with E-state index in [0.29, 0.717) is 5.03 Å². The van der Waals surface area contributed by atoms with Crippen molar-refractivity contribution < 1.29 is 9.18 Å². The average molecular weight is 368 g/mol. The van der Waals surface area contributed by atoms with Crippen LogP contribution in [0.1, 0.15) is 15.9 Å². The maximum atomic E-state index is 14.3. The predicted molar refractivity (Wildman–Crippen MR) is 102 cm³/mol. The highest BCUT2D eigenvalue weighted by molar-refractivity contribution is 8.02. The van der Waals surface area contributed by atoms with Gasteiger partial charge in [-0.15, -0.1) is 11.8 Å². The number of benzene rings is 2. The third kappa shape index (κ3) is 3.83. The van der Waals surface area contributed by atoms with Gasteiger partial charge in [-0.1, -0.05) is 29.8 Å². The average Bonchev–Trinajstić information content (AvgIpc) is 3.18. The molecule has 3 rings (SSSR count). The van der Waals surface area contributed by atoms with Crippen molar-refractivity contribution in [3.8, 4) is 0 Å². The summed E-state index contributed by atoms with van der Waals surface area (Å²) in [5.74, 6) is -1.04. The Morgan fingerprint density at radius 1 is 1.19 bits per heavy atom. The SMILES string of the molecule is CS/C(Nc1ccccc1)=C(/C(=O)c1cc(C)ccc1F)n1cncn1. The van der Waals surface area contributed by atoms with E-state index in [1.807, 2.05) is 43.5 Å². The lowest BCUT2D eigenvalue weighted by atomic mass is 10.1. The first kappa shape index (κ1) is 17.9. The van der Waals surface area contributed by atoms with E-state index in [0.717, 1.165) is 11.3 Å². The van der Waals surface area contributed by atoms with Gasteiger partial charge >= 0.3 is 0 Å². The summed E-state index contributed by atoms with van der Waals surface area (Å²) in [4.78, 5) is 17.1. The van der Waals surface area contributed by atoms with Crippen LogP contribution in [-0.4, -0.2) is 26.8 Å². The number of halogens is 1. The van der Waals surface area contributed by atoms with Gasteiger partial charge in [0.2, 0.25) is 5.78 Å². The molecule has 0 amide bonds. The van der Waals surface area contributed by atoms with Crippen molar-refractivity contribution in [2.45, 2.75) is 6.92 Å². The Balaban J connectivity index is 2.12. The van der Waals surface area contributed by atoms with Gasteiger partial charge in [0.15, 0.2) is 0 Å². The van der Waals surface area contributed by atoms with Gasteiger partial charge in [-0.3, -0.25) is 4.79 Å². The monoisotopic (exact) mass is 368 g/mol. The van der Waals surface area contributed by atoms with Crippen molar-refractivity contribution in [3.63, 3.8) is 0 Å². The topological polar surface area (TPSA) is 59.8 Å². The van der Waals surface area contributed by atoms with Gasteiger partial charge in [-0.2, -0.15) is 5.10 Å². The number of aryl methyl sites for hydroxylation is 1. The minimum Gasteiger partial charge on any atom is -0.348 e. The van der Waals surface area contributed by atoms with Crippen molar-refractivity contribution >= 4 is 28.9 Å². The van der Waals surface area contributed by atoms with Gasteiger partial charge in [0.25, 0.3) is 0 Å². The third-order valence-corrected chi connectivity index (χ3v) is 4.38. The number of ketones is 1. The molecule has 0 bridgehead atoms. The molecule has 3 aromatic rings. The number of nitrogens with one attached hydrogen (secondary N) is 1. The zero-order valence-electron chi connectivity index (χ0n) is 14.3. The first-order chi connectivity index (χ1) is 12.6. The summed E-state index contributed by atoms with van der Waals surface area (Å²) in [5.41, 5.74) is 1.82. The lowest BCUT2D eigenvalue weighted by molar-refractivity contribution is 0.104. The molecule has 0 fully saturated rings. The Morgan fingerprint density at radius 3 is 2.62 bits per heavy atom. The summed E-state index contributed by atoms with van der Waals surface area (Å²) >= 11 is 1.34. The van der Waals surface area contributed by atoms with Crippen LogP contribution < -0.4 is 5.32 Å². The number of carbonyl (C=O) groups is 1. The molecule has 0 aliphatic heterocycles. The number of hydrogen-bond acceptors (Lipinski definition) is 5. The van der Waals surface area contributed by atoms with E-state index in [9.17, 15) is 9.18 Å². The summed E-state index contributed by atoms with van der Waals surface area (Å²) in [7, 11) is 0. The van der Waals surface area contributed by atoms with E-state index in [1.54, 1.807) is 6.07 Å². The summed E-state index contributed by atoms with van der Waals surface area (Å²) in [5, 5.41) is 7.84. The number of aromatic nitrogens is 3. The molecule has 5 nitrogen and oxygen atoms in total. The fraction of sp³-hybridized carbons (Fsp3) is 0.105. The molecule has 0 aliphatic rings. The Hall–Kier alpha value is -2.93. The molecule has 0 atom stereocenters. The van der Waals surface area contributed by atoms with Crippen molar-refractivity contribution in [2.75, 3.05) is 11.6 Å². The van der Waals surface area contributed by atoms with E-state index < -0.39 is 11.6 Å². The number of carbonyl (C=O) groups excluding carboxylic acids is 1. The smallest absolute Gasteiger partial charge is 0.217 e. The molecule has 0 saturated carbocycles. The summed E-state index contributed by atoms with van der Waals surface area (Å²) < 4.78 is 15.7. The highest BCUT2D eigenvalue weighted by Crippen LogP contribution is 2.26. The number of nitrogens with zero attached hydrogens (tertiary/aromatic N) is 3. The molecule has 1 aromatic heterocycles. The number of para-hydroxylation sites is 1. The van der Waals surface area contributed by atoms with Crippen LogP contribution in [0.5, 0.6) is 0 Å². The number of rotatable bonds is 6. The fourth-order valence-corrected chi connectivity index (χ4v) is 3.03. The minimum absolute atomic E-state index is 0.00286. The van der Waals surface area contributed by atoms with E-state index in [4.69, 9.17) is 0 Å². The Labute approximate surface area is 155 Å². The number of anilines is 1. The molecule has 0 spiro atoms. The number of hydrogen-bond donors (Lipinski definition) is 1. The highest BCUT2D eigenvalue weighted by Gasteiger charge is 2.23. The lowest BCUT2D eigenvalue weighted by Gasteiger charge is -2.15. The summed E-state index contributed by atoms with van der Waals surface area (Å²) in [6.45, 7) is 1.81.